The highest BCUT2D eigenvalue weighted by Crippen LogP contribution is 2.29. The Morgan fingerprint density at radius 1 is 1.11 bits per heavy atom. The lowest BCUT2D eigenvalue weighted by molar-refractivity contribution is 0.298. The van der Waals surface area contributed by atoms with Gasteiger partial charge in [-0.1, -0.05) is 18.2 Å². The first-order valence-electron chi connectivity index (χ1n) is 9.91. The molecule has 3 nitrogen and oxygen atoms in total. The summed E-state index contributed by atoms with van der Waals surface area (Å²) in [5.74, 6) is -0.207. The summed E-state index contributed by atoms with van der Waals surface area (Å²) >= 11 is 0. The quantitative estimate of drug-likeness (QED) is 0.480. The molecule has 0 saturated heterocycles. The maximum absolute atomic E-state index is 13.5. The molecule has 4 heteroatoms. The van der Waals surface area contributed by atoms with E-state index in [9.17, 15) is 4.39 Å². The van der Waals surface area contributed by atoms with Crippen molar-refractivity contribution in [1.82, 2.24) is 9.88 Å². The molecule has 1 aliphatic heterocycles. The molecule has 0 spiro atoms. The van der Waals surface area contributed by atoms with Crippen molar-refractivity contribution in [3.05, 3.63) is 77.9 Å². The number of hydrogen-bond donors (Lipinski definition) is 1. The number of nitrogens with zero attached hydrogens (tertiary/aromatic N) is 1. The molecule has 5 rings (SSSR count). The Morgan fingerprint density at radius 3 is 2.96 bits per heavy atom. The lowest BCUT2D eigenvalue weighted by Gasteiger charge is -2.26. The van der Waals surface area contributed by atoms with E-state index in [2.05, 4.69) is 40.2 Å². The third-order valence-electron chi connectivity index (χ3n) is 5.77. The monoisotopic (exact) mass is 374 g/mol. The minimum absolute atomic E-state index is 0.207. The number of hydrogen-bond acceptors (Lipinski definition) is 2. The van der Waals surface area contributed by atoms with Crippen LogP contribution in [-0.2, 0) is 6.42 Å². The Morgan fingerprint density at radius 2 is 2.07 bits per heavy atom. The molecule has 1 N–H and O–H groups in total. The largest absolute Gasteiger partial charge is 0.464 e. The summed E-state index contributed by atoms with van der Waals surface area (Å²) in [4.78, 5) is 5.79. The first-order chi connectivity index (χ1) is 13.8. The predicted molar refractivity (Wildman–Crippen MR) is 112 cm³/mol. The van der Waals surface area contributed by atoms with E-state index in [0.717, 1.165) is 55.4 Å². The van der Waals surface area contributed by atoms with Crippen molar-refractivity contribution in [2.45, 2.75) is 19.3 Å². The lowest BCUT2D eigenvalue weighted by Crippen LogP contribution is -2.29. The average molecular weight is 374 g/mol. The van der Waals surface area contributed by atoms with Gasteiger partial charge in [0.15, 0.2) is 0 Å². The number of fused-ring (bicyclic) bond motifs is 2. The highest BCUT2D eigenvalue weighted by atomic mass is 19.1. The number of benzene rings is 2. The van der Waals surface area contributed by atoms with E-state index in [1.807, 2.05) is 6.20 Å². The normalized spacial score (nSPS) is 15.4. The second kappa shape index (κ2) is 7.28. The Balaban J connectivity index is 1.21. The smallest absolute Gasteiger partial charge is 0.134 e. The van der Waals surface area contributed by atoms with E-state index in [-0.39, 0.29) is 5.82 Å². The summed E-state index contributed by atoms with van der Waals surface area (Å²) in [5.41, 5.74) is 5.86. The third kappa shape index (κ3) is 3.25. The van der Waals surface area contributed by atoms with Crippen molar-refractivity contribution in [2.75, 3.05) is 19.6 Å². The van der Waals surface area contributed by atoms with Crippen LogP contribution in [0.3, 0.4) is 0 Å². The molecule has 0 bridgehead atoms. The average Bonchev–Trinajstić information content (AvgIpc) is 3.35. The fraction of sp³-hybridized carbons (Fsp3) is 0.250. The second-order valence-electron chi connectivity index (χ2n) is 7.53. The first kappa shape index (κ1) is 17.3. The summed E-state index contributed by atoms with van der Waals surface area (Å²) in [6.45, 7) is 3.10. The van der Waals surface area contributed by atoms with Gasteiger partial charge in [0, 0.05) is 35.6 Å². The van der Waals surface area contributed by atoms with E-state index < -0.39 is 0 Å². The molecule has 0 unspecified atom stereocenters. The van der Waals surface area contributed by atoms with E-state index in [0.29, 0.717) is 0 Å². The van der Waals surface area contributed by atoms with E-state index in [4.69, 9.17) is 4.42 Å². The van der Waals surface area contributed by atoms with Crippen LogP contribution in [0.4, 0.5) is 4.39 Å². The Kier molecular flexibility index (Phi) is 4.49. The molecule has 2 aromatic heterocycles. The molecule has 142 valence electrons. The molecule has 0 saturated carbocycles. The van der Waals surface area contributed by atoms with Gasteiger partial charge in [-0.05, 0) is 72.8 Å². The number of aryl methyl sites for hydroxylation is 1. The highest BCUT2D eigenvalue weighted by molar-refractivity contribution is 5.92. The molecule has 1 aliphatic rings. The van der Waals surface area contributed by atoms with Crippen molar-refractivity contribution in [3.63, 3.8) is 0 Å². The van der Waals surface area contributed by atoms with Crippen LogP contribution in [0.15, 0.2) is 65.4 Å². The van der Waals surface area contributed by atoms with Gasteiger partial charge in [-0.15, -0.1) is 0 Å². The number of nitrogens with one attached hydrogen (secondary N) is 1. The summed E-state index contributed by atoms with van der Waals surface area (Å²) in [5, 5.41) is 2.21. The molecular weight excluding hydrogens is 351 g/mol. The molecule has 0 amide bonds. The van der Waals surface area contributed by atoms with Gasteiger partial charge in [0.2, 0.25) is 0 Å². The molecule has 0 fully saturated rings. The van der Waals surface area contributed by atoms with Gasteiger partial charge in [-0.25, -0.2) is 4.39 Å². The zero-order chi connectivity index (χ0) is 18.9. The zero-order valence-electron chi connectivity index (χ0n) is 15.7. The van der Waals surface area contributed by atoms with Crippen molar-refractivity contribution in [2.24, 2.45) is 0 Å². The standard InChI is InChI=1S/C24H23FN2O/c25-19-6-7-24-22(15-19)18(16-28-24)3-2-12-27-13-9-17(10-14-27)20-4-1-5-23-21(20)8-11-26-23/h1,4-9,11,15-16,26H,2-3,10,12-14H2. The Labute approximate surface area is 163 Å². The fourth-order valence-electron chi connectivity index (χ4n) is 4.27. The number of halogens is 1. The fourth-order valence-corrected chi connectivity index (χ4v) is 4.27. The van der Waals surface area contributed by atoms with E-state index in [1.165, 1.54) is 28.1 Å². The molecule has 4 aromatic rings. The minimum Gasteiger partial charge on any atom is -0.464 e. The summed E-state index contributed by atoms with van der Waals surface area (Å²) in [6.07, 6.45) is 9.18. The van der Waals surface area contributed by atoms with Crippen molar-refractivity contribution < 1.29 is 8.81 Å². The van der Waals surface area contributed by atoms with Crippen LogP contribution in [0.25, 0.3) is 27.4 Å². The van der Waals surface area contributed by atoms with Crippen molar-refractivity contribution in [1.29, 1.82) is 0 Å². The third-order valence-corrected chi connectivity index (χ3v) is 5.77. The molecule has 28 heavy (non-hydrogen) atoms. The van der Waals surface area contributed by atoms with Crippen LogP contribution < -0.4 is 0 Å². The second-order valence-corrected chi connectivity index (χ2v) is 7.53. The van der Waals surface area contributed by atoms with Gasteiger partial charge in [0.25, 0.3) is 0 Å². The Hall–Kier alpha value is -2.85. The van der Waals surface area contributed by atoms with Gasteiger partial charge in [-0.2, -0.15) is 0 Å². The molecule has 0 aliphatic carbocycles. The van der Waals surface area contributed by atoms with Crippen molar-refractivity contribution in [3.8, 4) is 0 Å². The van der Waals surface area contributed by atoms with Crippen LogP contribution >= 0.6 is 0 Å². The zero-order valence-corrected chi connectivity index (χ0v) is 15.7. The number of H-pyrrole nitrogens is 1. The summed E-state index contributed by atoms with van der Waals surface area (Å²) < 4.78 is 19.0. The topological polar surface area (TPSA) is 32.2 Å². The lowest BCUT2D eigenvalue weighted by atomic mass is 9.96. The van der Waals surface area contributed by atoms with Crippen LogP contribution in [0.5, 0.6) is 0 Å². The van der Waals surface area contributed by atoms with Crippen LogP contribution in [0.1, 0.15) is 24.0 Å². The number of rotatable bonds is 5. The van der Waals surface area contributed by atoms with Crippen molar-refractivity contribution >= 4 is 27.4 Å². The van der Waals surface area contributed by atoms with E-state index >= 15 is 0 Å². The molecule has 0 radical (unpaired) electrons. The maximum Gasteiger partial charge on any atom is 0.134 e. The number of furan rings is 1. The molecular formula is C24H23FN2O. The van der Waals surface area contributed by atoms with E-state index in [1.54, 1.807) is 18.4 Å². The molecule has 2 aromatic carbocycles. The first-order valence-corrected chi connectivity index (χ1v) is 9.91. The predicted octanol–water partition coefficient (Wildman–Crippen LogP) is 5.78. The number of aromatic amines is 1. The summed E-state index contributed by atoms with van der Waals surface area (Å²) in [6, 6.07) is 13.4. The minimum atomic E-state index is -0.207. The van der Waals surface area contributed by atoms with Gasteiger partial charge in [0.05, 0.1) is 6.26 Å². The van der Waals surface area contributed by atoms with Gasteiger partial charge >= 0.3 is 0 Å². The Bertz CT molecular complexity index is 1150. The number of aromatic nitrogens is 1. The molecule has 0 atom stereocenters. The highest BCUT2D eigenvalue weighted by Gasteiger charge is 2.15. The van der Waals surface area contributed by atoms with Gasteiger partial charge in [0.1, 0.15) is 11.4 Å². The summed E-state index contributed by atoms with van der Waals surface area (Å²) in [7, 11) is 0. The van der Waals surface area contributed by atoms with Crippen LogP contribution in [0.2, 0.25) is 0 Å². The van der Waals surface area contributed by atoms with Crippen LogP contribution in [-0.4, -0.2) is 29.5 Å². The van der Waals surface area contributed by atoms with Gasteiger partial charge in [-0.3, -0.25) is 4.90 Å². The van der Waals surface area contributed by atoms with Crippen LogP contribution in [0, 0.1) is 5.82 Å². The SMILES string of the molecule is Fc1ccc2occ(CCCN3CC=C(c4cccc5[nH]ccc45)CC3)c2c1. The molecule has 3 heterocycles. The van der Waals surface area contributed by atoms with Gasteiger partial charge < -0.3 is 9.40 Å². The maximum atomic E-state index is 13.5.